The standard InChI is InChI=1S/C9H11FN2/c1-2-7(4-11)8-3-9(10)6-12-5-8/h3-7,11H,2H2,1H3/t7-/m0/s1. The van der Waals surface area contributed by atoms with Crippen molar-refractivity contribution in [2.45, 2.75) is 19.3 Å². The van der Waals surface area contributed by atoms with E-state index in [4.69, 9.17) is 5.41 Å². The molecule has 0 saturated heterocycles. The van der Waals surface area contributed by atoms with Crippen LogP contribution >= 0.6 is 0 Å². The largest absolute Gasteiger partial charge is 0.312 e. The highest BCUT2D eigenvalue weighted by molar-refractivity contribution is 5.64. The van der Waals surface area contributed by atoms with Gasteiger partial charge in [0.1, 0.15) is 5.82 Å². The van der Waals surface area contributed by atoms with E-state index in [1.807, 2.05) is 6.92 Å². The van der Waals surface area contributed by atoms with Crippen LogP contribution in [-0.2, 0) is 0 Å². The molecule has 0 spiro atoms. The van der Waals surface area contributed by atoms with Gasteiger partial charge in [-0.1, -0.05) is 6.92 Å². The summed E-state index contributed by atoms with van der Waals surface area (Å²) < 4.78 is 12.7. The van der Waals surface area contributed by atoms with Crippen molar-refractivity contribution in [1.29, 1.82) is 5.41 Å². The van der Waals surface area contributed by atoms with Crippen LogP contribution < -0.4 is 0 Å². The minimum atomic E-state index is -0.340. The number of halogens is 1. The van der Waals surface area contributed by atoms with E-state index in [0.717, 1.165) is 12.0 Å². The van der Waals surface area contributed by atoms with Gasteiger partial charge in [0.25, 0.3) is 0 Å². The Balaban J connectivity index is 2.93. The predicted molar refractivity (Wildman–Crippen MR) is 46.0 cm³/mol. The second-order valence-corrected chi connectivity index (χ2v) is 2.62. The number of aromatic nitrogens is 1. The molecule has 0 saturated carbocycles. The summed E-state index contributed by atoms with van der Waals surface area (Å²) in [4.78, 5) is 3.72. The summed E-state index contributed by atoms with van der Waals surface area (Å²) in [6.45, 7) is 1.96. The minimum absolute atomic E-state index is 0.00630. The van der Waals surface area contributed by atoms with Crippen molar-refractivity contribution in [2.75, 3.05) is 0 Å². The van der Waals surface area contributed by atoms with E-state index >= 15 is 0 Å². The third-order valence-electron chi connectivity index (χ3n) is 1.80. The Hall–Kier alpha value is -1.25. The summed E-state index contributed by atoms with van der Waals surface area (Å²) in [5, 5.41) is 7.09. The fourth-order valence-electron chi connectivity index (χ4n) is 1.08. The second kappa shape index (κ2) is 3.95. The average molecular weight is 166 g/mol. The molecular formula is C9H11FN2. The molecule has 0 aliphatic heterocycles. The molecule has 0 amide bonds. The van der Waals surface area contributed by atoms with Crippen LogP contribution in [0.1, 0.15) is 24.8 Å². The van der Waals surface area contributed by atoms with Crippen molar-refractivity contribution in [3.8, 4) is 0 Å². The fourth-order valence-corrected chi connectivity index (χ4v) is 1.08. The van der Waals surface area contributed by atoms with Gasteiger partial charge in [0, 0.05) is 18.3 Å². The Bertz CT molecular complexity index is 273. The molecule has 1 aromatic heterocycles. The molecule has 2 nitrogen and oxygen atoms in total. The van der Waals surface area contributed by atoms with Crippen molar-refractivity contribution in [2.24, 2.45) is 0 Å². The molecule has 0 aromatic carbocycles. The third-order valence-corrected chi connectivity index (χ3v) is 1.80. The third kappa shape index (κ3) is 1.87. The minimum Gasteiger partial charge on any atom is -0.312 e. The number of nitrogens with one attached hydrogen (secondary N) is 1. The summed E-state index contributed by atoms with van der Waals surface area (Å²) >= 11 is 0. The summed E-state index contributed by atoms with van der Waals surface area (Å²) in [6.07, 6.45) is 4.88. The van der Waals surface area contributed by atoms with Crippen molar-refractivity contribution in [1.82, 2.24) is 4.98 Å². The molecule has 0 radical (unpaired) electrons. The Morgan fingerprint density at radius 1 is 1.67 bits per heavy atom. The molecule has 0 bridgehead atoms. The molecule has 1 aromatic rings. The maximum atomic E-state index is 12.7. The number of nitrogens with zero attached hydrogens (tertiary/aromatic N) is 1. The van der Waals surface area contributed by atoms with Gasteiger partial charge in [0.2, 0.25) is 0 Å². The average Bonchev–Trinajstić information content (AvgIpc) is 2.07. The van der Waals surface area contributed by atoms with E-state index < -0.39 is 0 Å². The summed E-state index contributed by atoms with van der Waals surface area (Å²) in [7, 11) is 0. The first-order valence-corrected chi connectivity index (χ1v) is 3.89. The number of hydrogen-bond acceptors (Lipinski definition) is 2. The molecule has 0 unspecified atom stereocenters. The van der Waals surface area contributed by atoms with Crippen LogP contribution in [0.15, 0.2) is 18.5 Å². The van der Waals surface area contributed by atoms with E-state index in [9.17, 15) is 4.39 Å². The number of hydrogen-bond donors (Lipinski definition) is 1. The van der Waals surface area contributed by atoms with Crippen LogP contribution in [0.4, 0.5) is 4.39 Å². The highest BCUT2D eigenvalue weighted by Gasteiger charge is 2.06. The molecule has 1 N–H and O–H groups in total. The van der Waals surface area contributed by atoms with Gasteiger partial charge < -0.3 is 5.41 Å². The lowest BCUT2D eigenvalue weighted by Gasteiger charge is -2.07. The summed E-state index contributed by atoms with van der Waals surface area (Å²) in [5.74, 6) is -0.346. The molecule has 0 fully saturated rings. The molecule has 64 valence electrons. The highest BCUT2D eigenvalue weighted by Crippen LogP contribution is 2.16. The SMILES string of the molecule is CC[C@@H](C=N)c1cncc(F)c1. The fraction of sp³-hybridized carbons (Fsp3) is 0.333. The summed E-state index contributed by atoms with van der Waals surface area (Å²) in [5.41, 5.74) is 0.771. The van der Waals surface area contributed by atoms with E-state index in [0.29, 0.717) is 0 Å². The van der Waals surface area contributed by atoms with E-state index in [1.54, 1.807) is 6.20 Å². The normalized spacial score (nSPS) is 12.5. The molecule has 1 atom stereocenters. The zero-order valence-corrected chi connectivity index (χ0v) is 6.92. The van der Waals surface area contributed by atoms with Crippen molar-refractivity contribution < 1.29 is 4.39 Å². The summed E-state index contributed by atoms with van der Waals surface area (Å²) in [6, 6.07) is 1.42. The second-order valence-electron chi connectivity index (χ2n) is 2.62. The van der Waals surface area contributed by atoms with E-state index in [-0.39, 0.29) is 11.7 Å². The molecule has 3 heteroatoms. The maximum Gasteiger partial charge on any atom is 0.141 e. The van der Waals surface area contributed by atoms with Gasteiger partial charge in [-0.15, -0.1) is 0 Å². The Morgan fingerprint density at radius 2 is 2.42 bits per heavy atom. The molecule has 0 aliphatic carbocycles. The first-order valence-electron chi connectivity index (χ1n) is 3.89. The molecular weight excluding hydrogens is 155 g/mol. The van der Waals surface area contributed by atoms with Crippen molar-refractivity contribution in [3.05, 3.63) is 29.8 Å². The van der Waals surface area contributed by atoms with Gasteiger partial charge in [-0.2, -0.15) is 0 Å². The van der Waals surface area contributed by atoms with Crippen molar-refractivity contribution >= 4 is 6.21 Å². The monoisotopic (exact) mass is 166 g/mol. The van der Waals surface area contributed by atoms with Crippen LogP contribution in [0.5, 0.6) is 0 Å². The molecule has 12 heavy (non-hydrogen) atoms. The lowest BCUT2D eigenvalue weighted by molar-refractivity contribution is 0.616. The quantitative estimate of drug-likeness (QED) is 0.687. The van der Waals surface area contributed by atoms with Gasteiger partial charge in [-0.25, -0.2) is 4.39 Å². The van der Waals surface area contributed by atoms with Gasteiger partial charge in [-0.3, -0.25) is 4.98 Å². The molecule has 1 heterocycles. The Kier molecular flexibility index (Phi) is 2.91. The highest BCUT2D eigenvalue weighted by atomic mass is 19.1. The first-order chi connectivity index (χ1) is 5.77. The van der Waals surface area contributed by atoms with E-state index in [2.05, 4.69) is 4.98 Å². The Morgan fingerprint density at radius 3 is 2.92 bits per heavy atom. The zero-order chi connectivity index (χ0) is 8.97. The smallest absolute Gasteiger partial charge is 0.141 e. The van der Waals surface area contributed by atoms with Gasteiger partial charge in [-0.05, 0) is 18.1 Å². The Labute approximate surface area is 71.0 Å². The first kappa shape index (κ1) is 8.84. The topological polar surface area (TPSA) is 36.7 Å². The van der Waals surface area contributed by atoms with Crippen LogP contribution in [0.25, 0.3) is 0 Å². The lowest BCUT2D eigenvalue weighted by Crippen LogP contribution is -1.99. The van der Waals surface area contributed by atoms with Crippen LogP contribution in [0.3, 0.4) is 0 Å². The maximum absolute atomic E-state index is 12.7. The lowest BCUT2D eigenvalue weighted by atomic mass is 10.00. The van der Waals surface area contributed by atoms with Crippen LogP contribution in [-0.4, -0.2) is 11.2 Å². The van der Waals surface area contributed by atoms with Crippen molar-refractivity contribution in [3.63, 3.8) is 0 Å². The molecule has 1 rings (SSSR count). The number of rotatable bonds is 3. The van der Waals surface area contributed by atoms with Gasteiger partial charge >= 0.3 is 0 Å². The van der Waals surface area contributed by atoms with Gasteiger partial charge in [0.05, 0.1) is 6.20 Å². The predicted octanol–water partition coefficient (Wildman–Crippen LogP) is 2.36. The number of pyridine rings is 1. The van der Waals surface area contributed by atoms with Crippen LogP contribution in [0, 0.1) is 11.2 Å². The van der Waals surface area contributed by atoms with Crippen LogP contribution in [0.2, 0.25) is 0 Å². The zero-order valence-electron chi connectivity index (χ0n) is 6.92. The molecule has 0 aliphatic rings. The van der Waals surface area contributed by atoms with Gasteiger partial charge in [0.15, 0.2) is 0 Å². The van der Waals surface area contributed by atoms with E-state index in [1.165, 1.54) is 18.5 Å².